The molecule has 4 aliphatic rings. The number of unbranched alkanes of at least 4 members (excludes halogenated alkanes) is 1. The Morgan fingerprint density at radius 1 is 0.905 bits per heavy atom. The summed E-state index contributed by atoms with van der Waals surface area (Å²) in [5.74, 6) is -3.27. The summed E-state index contributed by atoms with van der Waals surface area (Å²) in [6.45, 7) is 2.13. The summed E-state index contributed by atoms with van der Waals surface area (Å²) in [6.07, 6.45) is 3.98. The number of aliphatic hydroxyl groups excluding tert-OH is 1. The zero-order chi connectivity index (χ0) is 46.1. The molecule has 0 saturated heterocycles. The summed E-state index contributed by atoms with van der Waals surface area (Å²) in [5.41, 5.74) is -2.60. The van der Waals surface area contributed by atoms with Gasteiger partial charge in [0.2, 0.25) is 5.78 Å². The Kier molecular flexibility index (Phi) is 16.9. The molecule has 0 aliphatic heterocycles. The molecule has 5 rings (SSSR count). The van der Waals surface area contributed by atoms with E-state index in [0.29, 0.717) is 25.7 Å². The second kappa shape index (κ2) is 21.5. The van der Waals surface area contributed by atoms with Gasteiger partial charge < -0.3 is 28.8 Å². The van der Waals surface area contributed by atoms with Crippen LogP contribution in [0.2, 0.25) is 0 Å². The first kappa shape index (κ1) is 49.5. The number of carbonyl (C=O) groups is 5. The van der Waals surface area contributed by atoms with Gasteiger partial charge >= 0.3 is 18.1 Å². The van der Waals surface area contributed by atoms with Gasteiger partial charge in [-0.15, -0.1) is 0 Å². The average Bonchev–Trinajstić information content (AvgIpc) is 3.51. The monoisotopic (exact) mass is 897 g/mol. The van der Waals surface area contributed by atoms with Crippen molar-refractivity contribution in [3.05, 3.63) is 47.6 Å². The maximum Gasteiger partial charge on any atom is 0.514 e. The van der Waals surface area contributed by atoms with Gasteiger partial charge in [0, 0.05) is 23.2 Å². The van der Waals surface area contributed by atoms with Crippen molar-refractivity contribution in [2.75, 3.05) is 33.5 Å². The molecule has 3 saturated carbocycles. The fourth-order valence-electron chi connectivity index (χ4n) is 10.0. The highest BCUT2D eigenvalue weighted by atomic mass is 17.1. The number of ether oxygens (including phenoxy) is 5. The van der Waals surface area contributed by atoms with Gasteiger partial charge in [-0.05, 0) is 100.0 Å². The van der Waals surface area contributed by atoms with E-state index in [9.17, 15) is 29.1 Å². The number of ketones is 2. The molecule has 0 heterocycles. The van der Waals surface area contributed by atoms with Crippen LogP contribution in [0.15, 0.2) is 42.0 Å². The number of fused-ring (bicyclic) bond motifs is 5. The highest BCUT2D eigenvalue weighted by molar-refractivity contribution is 6.01. The van der Waals surface area contributed by atoms with Gasteiger partial charge in [-0.25, -0.2) is 19.3 Å². The molecule has 23 nitrogen and oxygen atoms in total. The van der Waals surface area contributed by atoms with Crippen LogP contribution in [0.4, 0.5) is 4.79 Å². The number of carbonyl (C=O) groups excluding carboxylic acids is 5. The van der Waals surface area contributed by atoms with E-state index in [0.717, 1.165) is 5.57 Å². The van der Waals surface area contributed by atoms with Crippen LogP contribution in [0, 0.1) is 28.6 Å². The molecule has 0 amide bonds. The average molecular weight is 898 g/mol. The number of Topliss-reactive ketones (excluding diaryl/α,β-unsaturated/α-hetero) is 1. The highest BCUT2D eigenvalue weighted by Gasteiger charge is 2.70. The summed E-state index contributed by atoms with van der Waals surface area (Å²) in [4.78, 5) is 79.6. The summed E-state index contributed by atoms with van der Waals surface area (Å²) >= 11 is 0. The fraction of sp³-hybridized carbons (Fsp3) is 0.625. The predicted molar refractivity (Wildman–Crippen MR) is 203 cm³/mol. The lowest BCUT2D eigenvalue weighted by atomic mass is 9.46. The minimum atomic E-state index is -1.84. The molecule has 23 heteroatoms. The van der Waals surface area contributed by atoms with Crippen LogP contribution >= 0.6 is 0 Å². The molecular weight excluding hydrogens is 842 g/mol. The standard InChI is InChI=1S/C40H55N3O20/c1-38-15-13-26(44)20-25(38)10-11-28-29-14-16-40(39(29,2)21-30(45)35(28)38,62-34(47)8-6-18-59-41(50)51)33(46)23-58-37(49)61-31-12-9-24(19-32(31)56-3)36(48)57-17-5-4-7-27(63-43(54)55)22-60-42(52)53/h9,12-13,15,19-20,27-30,35,45,50-55H,4-8,10-11,14,16-18,21-23H2,1-3H3/t27?,28?,29?,30-,35+,38-,39-,40-/m0/s1. The number of hydrogen-bond acceptors (Lipinski definition) is 23. The van der Waals surface area contributed by atoms with Crippen molar-refractivity contribution in [1.82, 2.24) is 16.2 Å². The van der Waals surface area contributed by atoms with Crippen LogP contribution in [0.25, 0.3) is 0 Å². The zero-order valence-electron chi connectivity index (χ0n) is 35.0. The zero-order valence-corrected chi connectivity index (χ0v) is 35.0. The first-order valence-electron chi connectivity index (χ1n) is 20.4. The molecule has 0 spiro atoms. The van der Waals surface area contributed by atoms with Crippen LogP contribution in [0.1, 0.15) is 88.4 Å². The molecule has 1 aromatic rings. The Morgan fingerprint density at radius 3 is 2.35 bits per heavy atom. The number of esters is 2. The molecule has 0 radical (unpaired) electrons. The van der Waals surface area contributed by atoms with Crippen molar-refractivity contribution in [2.24, 2.45) is 28.6 Å². The van der Waals surface area contributed by atoms with Crippen LogP contribution in [0.3, 0.4) is 0 Å². The molecule has 1 aromatic carbocycles. The van der Waals surface area contributed by atoms with E-state index in [4.69, 9.17) is 54.9 Å². The molecule has 4 aliphatic carbocycles. The van der Waals surface area contributed by atoms with E-state index in [2.05, 4.69) is 14.5 Å². The molecule has 0 aromatic heterocycles. The Bertz CT molecular complexity index is 1870. The normalized spacial score (nSPS) is 27.9. The number of methoxy groups -OCH3 is 1. The van der Waals surface area contributed by atoms with Gasteiger partial charge in [0.15, 0.2) is 29.5 Å². The van der Waals surface area contributed by atoms with Crippen molar-refractivity contribution in [3.63, 3.8) is 0 Å². The third kappa shape index (κ3) is 11.6. The minimum Gasteiger partial charge on any atom is -0.493 e. The summed E-state index contributed by atoms with van der Waals surface area (Å²) in [6, 6.07) is 3.78. The minimum absolute atomic E-state index is 0.00378. The molecule has 7 N–H and O–H groups in total. The SMILES string of the molecule is COc1cc(C(=O)OCCCCC(CON(O)O)ON(O)O)ccc1OC(=O)OCC(=O)[C@@]1(OC(=O)CCCON(O)O)CCC2C3CCC4=CC(=O)C=C[C@]4(C)[C@H]3[C@@H](O)C[C@@]21C. The van der Waals surface area contributed by atoms with E-state index < -0.39 is 81.9 Å². The number of aliphatic hydroxyl groups is 1. The van der Waals surface area contributed by atoms with E-state index in [1.54, 1.807) is 13.0 Å². The molecule has 0 bridgehead atoms. The number of rotatable bonds is 22. The Labute approximate surface area is 361 Å². The van der Waals surface area contributed by atoms with E-state index in [1.807, 2.05) is 13.0 Å². The van der Waals surface area contributed by atoms with Gasteiger partial charge in [0.25, 0.3) is 0 Å². The van der Waals surface area contributed by atoms with E-state index in [1.165, 1.54) is 31.4 Å². The molecule has 3 unspecified atom stereocenters. The van der Waals surface area contributed by atoms with Gasteiger partial charge in [-0.2, -0.15) is 0 Å². The third-order valence-corrected chi connectivity index (χ3v) is 12.8. The fourth-order valence-corrected chi connectivity index (χ4v) is 10.0. The first-order valence-corrected chi connectivity index (χ1v) is 20.4. The Morgan fingerprint density at radius 2 is 1.65 bits per heavy atom. The van der Waals surface area contributed by atoms with Crippen molar-refractivity contribution >= 4 is 29.7 Å². The Hall–Kier alpha value is -4.47. The van der Waals surface area contributed by atoms with Crippen molar-refractivity contribution in [1.29, 1.82) is 0 Å². The smallest absolute Gasteiger partial charge is 0.493 e. The molecular formula is C40H55N3O20. The number of benzene rings is 1. The van der Waals surface area contributed by atoms with Crippen LogP contribution in [0.5, 0.6) is 11.5 Å². The summed E-state index contributed by atoms with van der Waals surface area (Å²) < 4.78 is 27.3. The van der Waals surface area contributed by atoms with E-state index >= 15 is 0 Å². The van der Waals surface area contributed by atoms with Gasteiger partial charge in [0.05, 0.1) is 48.2 Å². The quantitative estimate of drug-likeness (QED) is 0.0286. The number of allylic oxidation sites excluding steroid dienone is 4. The second-order valence-electron chi connectivity index (χ2n) is 16.3. The van der Waals surface area contributed by atoms with Crippen molar-refractivity contribution in [2.45, 2.75) is 95.9 Å². The highest BCUT2D eigenvalue weighted by Crippen LogP contribution is 2.68. The molecule has 350 valence electrons. The van der Waals surface area contributed by atoms with Gasteiger partial charge in [0.1, 0.15) is 12.7 Å². The summed E-state index contributed by atoms with van der Waals surface area (Å²) in [7, 11) is 1.25. The van der Waals surface area contributed by atoms with Crippen molar-refractivity contribution < 1.29 is 98.5 Å². The van der Waals surface area contributed by atoms with Crippen molar-refractivity contribution in [3.8, 4) is 11.5 Å². The van der Waals surface area contributed by atoms with E-state index in [-0.39, 0.29) is 92.3 Å². The van der Waals surface area contributed by atoms with Crippen LogP contribution in [-0.2, 0) is 43.1 Å². The molecule has 8 atom stereocenters. The molecule has 63 heavy (non-hydrogen) atoms. The van der Waals surface area contributed by atoms with Gasteiger partial charge in [-0.1, -0.05) is 25.5 Å². The molecule has 3 fully saturated rings. The second-order valence-corrected chi connectivity index (χ2v) is 16.3. The maximum atomic E-state index is 14.5. The lowest BCUT2D eigenvalue weighted by Gasteiger charge is -2.59. The van der Waals surface area contributed by atoms with Crippen LogP contribution < -0.4 is 9.47 Å². The number of hydrogen-bond donors (Lipinski definition) is 7. The topological polar surface area (TPSA) is 311 Å². The summed E-state index contributed by atoms with van der Waals surface area (Å²) in [5, 5.41) is 63.2. The van der Waals surface area contributed by atoms with Gasteiger partial charge in [-0.3, -0.25) is 50.5 Å². The lowest BCUT2D eigenvalue weighted by Crippen LogP contribution is -2.63. The predicted octanol–water partition coefficient (Wildman–Crippen LogP) is 3.85. The lowest BCUT2D eigenvalue weighted by molar-refractivity contribution is -0.527. The largest absolute Gasteiger partial charge is 0.514 e. The Balaban J connectivity index is 1.23. The van der Waals surface area contributed by atoms with Crippen LogP contribution in [-0.4, -0.2) is 134 Å². The number of nitrogens with zero attached hydrogens (tertiary/aromatic N) is 3. The third-order valence-electron chi connectivity index (χ3n) is 12.8. The first-order chi connectivity index (χ1) is 29.8. The maximum absolute atomic E-state index is 14.5.